The van der Waals surface area contributed by atoms with Crippen LogP contribution in [-0.2, 0) is 14.4 Å². The summed E-state index contributed by atoms with van der Waals surface area (Å²) in [4.78, 5) is 40.5. The molecule has 3 aliphatic heterocycles. The van der Waals surface area contributed by atoms with E-state index in [-0.39, 0.29) is 28.2 Å². The van der Waals surface area contributed by atoms with Gasteiger partial charge in [0.05, 0.1) is 29.3 Å². The number of para-hydroxylation sites is 2. The zero-order chi connectivity index (χ0) is 20.3. The lowest BCUT2D eigenvalue weighted by molar-refractivity contribution is -0.132. The van der Waals surface area contributed by atoms with Gasteiger partial charge in [0.15, 0.2) is 11.5 Å². The second kappa shape index (κ2) is 6.38. The van der Waals surface area contributed by atoms with Gasteiger partial charge in [-0.25, -0.2) is 9.69 Å². The number of nitrogens with two attached hydrogens (primary N) is 1. The number of hydrogen-bond acceptors (Lipinski definition) is 7. The van der Waals surface area contributed by atoms with Gasteiger partial charge in [-0.05, 0) is 18.2 Å². The van der Waals surface area contributed by atoms with Gasteiger partial charge in [-0.2, -0.15) is 0 Å². The van der Waals surface area contributed by atoms with Crippen LogP contribution in [0.5, 0.6) is 11.5 Å². The van der Waals surface area contributed by atoms with Crippen molar-refractivity contribution >= 4 is 35.2 Å². The van der Waals surface area contributed by atoms with Crippen LogP contribution in [0.2, 0.25) is 0 Å². The predicted molar refractivity (Wildman–Crippen MR) is 106 cm³/mol. The molecule has 29 heavy (non-hydrogen) atoms. The number of esters is 1. The van der Waals surface area contributed by atoms with E-state index in [1.165, 1.54) is 12.0 Å². The van der Waals surface area contributed by atoms with E-state index in [0.717, 1.165) is 11.8 Å². The first-order valence-corrected chi connectivity index (χ1v) is 9.89. The molecular formula is C21H16N2O5S. The number of amides is 2. The molecule has 2 amide bonds. The third-order valence-electron chi connectivity index (χ3n) is 5.48. The molecule has 0 aromatic heterocycles. The van der Waals surface area contributed by atoms with Crippen LogP contribution in [0.25, 0.3) is 0 Å². The first-order valence-electron chi connectivity index (χ1n) is 9.01. The van der Waals surface area contributed by atoms with Crippen molar-refractivity contribution in [3.8, 4) is 11.5 Å². The number of ether oxygens (including phenoxy) is 2. The van der Waals surface area contributed by atoms with Crippen LogP contribution in [0.4, 0.5) is 5.69 Å². The monoisotopic (exact) mass is 408 g/mol. The molecule has 0 unspecified atom stereocenters. The molecule has 2 N–H and O–H groups in total. The van der Waals surface area contributed by atoms with E-state index in [4.69, 9.17) is 15.2 Å². The molecule has 2 aromatic rings. The Morgan fingerprint density at radius 1 is 1.03 bits per heavy atom. The van der Waals surface area contributed by atoms with Crippen molar-refractivity contribution in [3.05, 3.63) is 64.7 Å². The highest BCUT2D eigenvalue weighted by Crippen LogP contribution is 2.55. The van der Waals surface area contributed by atoms with E-state index in [1.807, 2.05) is 6.07 Å². The highest BCUT2D eigenvalue weighted by Gasteiger charge is 2.58. The maximum atomic E-state index is 13.4. The fraction of sp³-hybridized carbons (Fsp3) is 0.190. The van der Waals surface area contributed by atoms with Gasteiger partial charge in [0.2, 0.25) is 11.8 Å². The molecule has 2 aromatic carbocycles. The Labute approximate surface area is 170 Å². The Morgan fingerprint density at radius 3 is 2.52 bits per heavy atom. The number of fused-ring (bicyclic) bond motifs is 5. The van der Waals surface area contributed by atoms with Crippen LogP contribution in [0, 0.1) is 5.92 Å². The van der Waals surface area contributed by atoms with Crippen LogP contribution in [0.3, 0.4) is 0 Å². The number of carbonyl (C=O) groups excluding carboxylic acids is 3. The van der Waals surface area contributed by atoms with Crippen molar-refractivity contribution in [2.75, 3.05) is 12.0 Å². The molecular weight excluding hydrogens is 392 g/mol. The van der Waals surface area contributed by atoms with E-state index >= 15 is 0 Å². The topological polar surface area (TPSA) is 98.9 Å². The molecule has 3 heterocycles. The number of imide groups is 1. The summed E-state index contributed by atoms with van der Waals surface area (Å²) in [6.45, 7) is 0. The molecule has 7 nitrogen and oxygen atoms in total. The van der Waals surface area contributed by atoms with Crippen molar-refractivity contribution in [1.29, 1.82) is 0 Å². The lowest BCUT2D eigenvalue weighted by Gasteiger charge is -2.36. The molecule has 1 fully saturated rings. The number of hydrogen-bond donors (Lipinski definition) is 1. The fourth-order valence-electron chi connectivity index (χ4n) is 4.25. The number of anilines is 1. The summed E-state index contributed by atoms with van der Waals surface area (Å²) < 4.78 is 10.8. The number of nitrogens with zero attached hydrogens (tertiary/aromatic N) is 1. The predicted octanol–water partition coefficient (Wildman–Crippen LogP) is 2.17. The summed E-state index contributed by atoms with van der Waals surface area (Å²) in [7, 11) is 1.48. The second-order valence-electron chi connectivity index (χ2n) is 6.94. The first kappa shape index (κ1) is 17.8. The lowest BCUT2D eigenvalue weighted by atomic mass is 9.77. The SMILES string of the molecule is COc1cccc2c1OC(=O)C1=C(N)S[C@H]3C(=O)N(c4ccccc4)C(=O)[C@H]3[C@H]12. The Hall–Kier alpha value is -3.26. The fourth-order valence-corrected chi connectivity index (χ4v) is 5.48. The molecule has 1 saturated heterocycles. The molecule has 0 saturated carbocycles. The van der Waals surface area contributed by atoms with Crippen LogP contribution < -0.4 is 20.1 Å². The summed E-state index contributed by atoms with van der Waals surface area (Å²) >= 11 is 1.05. The van der Waals surface area contributed by atoms with Gasteiger partial charge >= 0.3 is 5.97 Å². The largest absolute Gasteiger partial charge is 0.493 e. The number of thioether (sulfide) groups is 1. The lowest BCUT2D eigenvalue weighted by Crippen LogP contribution is -2.39. The Balaban J connectivity index is 1.69. The third-order valence-corrected chi connectivity index (χ3v) is 6.70. The van der Waals surface area contributed by atoms with E-state index in [0.29, 0.717) is 17.0 Å². The zero-order valence-electron chi connectivity index (χ0n) is 15.3. The highest BCUT2D eigenvalue weighted by molar-refractivity contribution is 8.04. The minimum absolute atomic E-state index is 0.214. The van der Waals surface area contributed by atoms with Crippen molar-refractivity contribution in [2.24, 2.45) is 11.7 Å². The number of methoxy groups -OCH3 is 1. The molecule has 0 radical (unpaired) electrons. The van der Waals surface area contributed by atoms with Crippen molar-refractivity contribution < 1.29 is 23.9 Å². The van der Waals surface area contributed by atoms with Gasteiger partial charge in [0.25, 0.3) is 0 Å². The summed E-state index contributed by atoms with van der Waals surface area (Å²) in [6.07, 6.45) is 0. The molecule has 146 valence electrons. The summed E-state index contributed by atoms with van der Waals surface area (Å²) in [5.41, 5.74) is 7.53. The highest BCUT2D eigenvalue weighted by atomic mass is 32.2. The maximum Gasteiger partial charge on any atom is 0.342 e. The Morgan fingerprint density at radius 2 is 1.79 bits per heavy atom. The number of benzene rings is 2. The van der Waals surface area contributed by atoms with Crippen molar-refractivity contribution in [2.45, 2.75) is 11.2 Å². The van der Waals surface area contributed by atoms with Gasteiger partial charge in [-0.15, -0.1) is 0 Å². The number of carbonyl (C=O) groups is 3. The number of rotatable bonds is 2. The minimum atomic E-state index is -0.756. The van der Waals surface area contributed by atoms with Crippen molar-refractivity contribution in [3.63, 3.8) is 0 Å². The Bertz CT molecular complexity index is 1100. The quantitative estimate of drug-likeness (QED) is 0.462. The third kappa shape index (κ3) is 2.42. The summed E-state index contributed by atoms with van der Waals surface area (Å²) in [5.74, 6) is -2.07. The van der Waals surface area contributed by atoms with Gasteiger partial charge in [-0.1, -0.05) is 42.1 Å². The normalized spacial score (nSPS) is 25.3. The maximum absolute atomic E-state index is 13.4. The van der Waals surface area contributed by atoms with E-state index in [1.54, 1.807) is 42.5 Å². The van der Waals surface area contributed by atoms with E-state index < -0.39 is 23.1 Å². The van der Waals surface area contributed by atoms with Crippen LogP contribution in [-0.4, -0.2) is 30.1 Å². The van der Waals surface area contributed by atoms with Gasteiger partial charge < -0.3 is 15.2 Å². The van der Waals surface area contributed by atoms with Crippen LogP contribution in [0.1, 0.15) is 11.5 Å². The summed E-state index contributed by atoms with van der Waals surface area (Å²) in [6, 6.07) is 14.0. The van der Waals surface area contributed by atoms with Gasteiger partial charge in [-0.3, -0.25) is 9.59 Å². The van der Waals surface area contributed by atoms with E-state index in [2.05, 4.69) is 0 Å². The van der Waals surface area contributed by atoms with Crippen molar-refractivity contribution in [1.82, 2.24) is 0 Å². The molecule has 0 spiro atoms. The average Bonchev–Trinajstić information content (AvgIpc) is 2.97. The standard InChI is InChI=1S/C21H16N2O5S/c1-27-12-9-5-8-11-13-14-17(29-18(22)15(13)21(26)28-16(11)12)20(25)23(19(14)24)10-6-3-2-4-7-10/h2-9,13-14,17H,22H2,1H3/t13-,14+,17-/m1/s1. The average molecular weight is 408 g/mol. The molecule has 8 heteroatoms. The van der Waals surface area contributed by atoms with Gasteiger partial charge in [0, 0.05) is 11.5 Å². The zero-order valence-corrected chi connectivity index (χ0v) is 16.1. The second-order valence-corrected chi connectivity index (χ2v) is 8.12. The Kier molecular flexibility index (Phi) is 3.92. The van der Waals surface area contributed by atoms with Gasteiger partial charge in [0.1, 0.15) is 5.25 Å². The molecule has 5 rings (SSSR count). The minimum Gasteiger partial charge on any atom is -0.493 e. The molecule has 0 aliphatic carbocycles. The molecule has 0 bridgehead atoms. The van der Waals surface area contributed by atoms with E-state index in [9.17, 15) is 14.4 Å². The molecule has 3 atom stereocenters. The summed E-state index contributed by atoms with van der Waals surface area (Å²) in [5, 5.41) is -0.493. The first-order chi connectivity index (χ1) is 14.0. The van der Waals surface area contributed by atoms with Crippen LogP contribution in [0.15, 0.2) is 59.1 Å². The van der Waals surface area contributed by atoms with Crippen LogP contribution >= 0.6 is 11.8 Å². The smallest absolute Gasteiger partial charge is 0.342 e. The molecule has 3 aliphatic rings.